The van der Waals surface area contributed by atoms with Crippen LogP contribution in [0.1, 0.15) is 0 Å². The van der Waals surface area contributed by atoms with Gasteiger partial charge in [-0.15, -0.1) is 0 Å². The predicted molar refractivity (Wildman–Crippen MR) is 50.6 cm³/mol. The third-order valence-corrected chi connectivity index (χ3v) is 1.31. The standard InChI is InChI=1S/C8H16ClNO2/c1-8(9)7-10-3-4-12-6-5-11-2/h10H,1,3-7H2,2H3. The van der Waals surface area contributed by atoms with E-state index in [1.165, 1.54) is 0 Å². The molecule has 0 heterocycles. The predicted octanol–water partition coefficient (Wildman–Crippen LogP) is 0.992. The summed E-state index contributed by atoms with van der Waals surface area (Å²) in [6.45, 7) is 6.92. The molecule has 0 saturated heterocycles. The molecule has 1 N–H and O–H groups in total. The van der Waals surface area contributed by atoms with Crippen LogP contribution in [-0.2, 0) is 9.47 Å². The fourth-order valence-electron chi connectivity index (χ4n) is 0.613. The highest BCUT2D eigenvalue weighted by Crippen LogP contribution is 1.91. The summed E-state index contributed by atoms with van der Waals surface area (Å²) in [6.07, 6.45) is 0. The molecule has 72 valence electrons. The molecule has 0 bridgehead atoms. The van der Waals surface area contributed by atoms with Crippen LogP contribution in [0.2, 0.25) is 0 Å². The zero-order valence-corrected chi connectivity index (χ0v) is 8.19. The van der Waals surface area contributed by atoms with E-state index in [1.807, 2.05) is 0 Å². The largest absolute Gasteiger partial charge is 0.382 e. The third-order valence-electron chi connectivity index (χ3n) is 1.17. The molecule has 0 amide bonds. The lowest BCUT2D eigenvalue weighted by molar-refractivity contribution is 0.0723. The van der Waals surface area contributed by atoms with Gasteiger partial charge < -0.3 is 14.8 Å². The highest BCUT2D eigenvalue weighted by Gasteiger charge is 1.89. The molecule has 4 heteroatoms. The van der Waals surface area contributed by atoms with Gasteiger partial charge in [-0.1, -0.05) is 18.2 Å². The Balaban J connectivity index is 2.86. The van der Waals surface area contributed by atoms with Crippen molar-refractivity contribution in [2.24, 2.45) is 0 Å². The Morgan fingerprint density at radius 2 is 2.17 bits per heavy atom. The number of methoxy groups -OCH3 is 1. The van der Waals surface area contributed by atoms with Gasteiger partial charge in [-0.3, -0.25) is 0 Å². The first-order valence-corrected chi connectivity index (χ1v) is 4.26. The van der Waals surface area contributed by atoms with Crippen molar-refractivity contribution in [3.63, 3.8) is 0 Å². The summed E-state index contributed by atoms with van der Waals surface area (Å²) in [5, 5.41) is 3.68. The van der Waals surface area contributed by atoms with E-state index in [4.69, 9.17) is 21.1 Å². The van der Waals surface area contributed by atoms with E-state index in [1.54, 1.807) is 7.11 Å². The molecule has 0 aromatic carbocycles. The summed E-state index contributed by atoms with van der Waals surface area (Å²) < 4.78 is 10.0. The van der Waals surface area contributed by atoms with Crippen LogP contribution >= 0.6 is 11.6 Å². The Bertz CT molecular complexity index is 120. The topological polar surface area (TPSA) is 30.5 Å². The van der Waals surface area contributed by atoms with Crippen LogP contribution in [0.5, 0.6) is 0 Å². The second kappa shape index (κ2) is 9.00. The zero-order valence-electron chi connectivity index (χ0n) is 7.44. The quantitative estimate of drug-likeness (QED) is 0.584. The molecule has 0 aromatic heterocycles. The van der Waals surface area contributed by atoms with Gasteiger partial charge in [-0.25, -0.2) is 0 Å². The average molecular weight is 194 g/mol. The Hall–Kier alpha value is -0.0900. The van der Waals surface area contributed by atoms with E-state index < -0.39 is 0 Å². The van der Waals surface area contributed by atoms with Crippen molar-refractivity contribution in [1.29, 1.82) is 0 Å². The van der Waals surface area contributed by atoms with E-state index in [2.05, 4.69) is 11.9 Å². The average Bonchev–Trinajstić information content (AvgIpc) is 2.02. The smallest absolute Gasteiger partial charge is 0.0700 e. The Morgan fingerprint density at radius 1 is 1.42 bits per heavy atom. The maximum atomic E-state index is 5.52. The van der Waals surface area contributed by atoms with Crippen LogP contribution in [0.3, 0.4) is 0 Å². The lowest BCUT2D eigenvalue weighted by atomic mass is 10.6. The molecule has 0 spiro atoms. The monoisotopic (exact) mass is 193 g/mol. The van der Waals surface area contributed by atoms with Gasteiger partial charge >= 0.3 is 0 Å². The SMILES string of the molecule is C=C(Cl)CNCCOCCOC. The minimum Gasteiger partial charge on any atom is -0.382 e. The molecule has 0 fully saturated rings. The van der Waals surface area contributed by atoms with Crippen molar-refractivity contribution in [2.45, 2.75) is 0 Å². The van der Waals surface area contributed by atoms with Crippen molar-refractivity contribution in [1.82, 2.24) is 5.32 Å². The van der Waals surface area contributed by atoms with E-state index in [9.17, 15) is 0 Å². The Labute approximate surface area is 78.7 Å². The maximum Gasteiger partial charge on any atom is 0.0700 e. The molecule has 3 nitrogen and oxygen atoms in total. The Morgan fingerprint density at radius 3 is 2.75 bits per heavy atom. The molecule has 0 atom stereocenters. The number of hydrogen-bond acceptors (Lipinski definition) is 3. The minimum atomic E-state index is 0.617. The van der Waals surface area contributed by atoms with E-state index >= 15 is 0 Å². The maximum absolute atomic E-state index is 5.52. The van der Waals surface area contributed by atoms with Crippen LogP contribution < -0.4 is 5.32 Å². The van der Waals surface area contributed by atoms with Gasteiger partial charge in [0.05, 0.1) is 19.8 Å². The van der Waals surface area contributed by atoms with Crippen molar-refractivity contribution in [2.75, 3.05) is 40.0 Å². The molecule has 0 aromatic rings. The molecule has 0 unspecified atom stereocenters. The van der Waals surface area contributed by atoms with Crippen molar-refractivity contribution in [3.8, 4) is 0 Å². The fourth-order valence-corrected chi connectivity index (χ4v) is 0.707. The minimum absolute atomic E-state index is 0.617. The van der Waals surface area contributed by atoms with Crippen molar-refractivity contribution in [3.05, 3.63) is 11.6 Å². The van der Waals surface area contributed by atoms with Crippen LogP contribution in [0.15, 0.2) is 11.6 Å². The van der Waals surface area contributed by atoms with Crippen LogP contribution in [0, 0.1) is 0 Å². The number of hydrogen-bond donors (Lipinski definition) is 1. The molecule has 0 aliphatic carbocycles. The van der Waals surface area contributed by atoms with Gasteiger partial charge in [0.25, 0.3) is 0 Å². The first kappa shape index (κ1) is 11.9. The fraction of sp³-hybridized carbons (Fsp3) is 0.750. The van der Waals surface area contributed by atoms with Crippen molar-refractivity contribution < 1.29 is 9.47 Å². The molecular formula is C8H16ClNO2. The first-order valence-electron chi connectivity index (χ1n) is 3.88. The van der Waals surface area contributed by atoms with Gasteiger partial charge in [0.15, 0.2) is 0 Å². The molecule has 0 rings (SSSR count). The van der Waals surface area contributed by atoms with E-state index in [-0.39, 0.29) is 0 Å². The molecule has 12 heavy (non-hydrogen) atoms. The highest BCUT2D eigenvalue weighted by molar-refractivity contribution is 6.29. The van der Waals surface area contributed by atoms with Gasteiger partial charge in [0.2, 0.25) is 0 Å². The Kier molecular flexibility index (Phi) is 8.93. The van der Waals surface area contributed by atoms with Crippen LogP contribution in [0.25, 0.3) is 0 Å². The third kappa shape index (κ3) is 9.91. The number of halogens is 1. The lowest BCUT2D eigenvalue weighted by Crippen LogP contribution is -2.21. The van der Waals surface area contributed by atoms with Crippen LogP contribution in [-0.4, -0.2) is 40.0 Å². The van der Waals surface area contributed by atoms with Gasteiger partial charge in [-0.05, 0) is 0 Å². The second-order valence-corrected chi connectivity index (χ2v) is 2.83. The summed E-state index contributed by atoms with van der Waals surface area (Å²) >= 11 is 5.52. The van der Waals surface area contributed by atoms with Crippen molar-refractivity contribution >= 4 is 11.6 Å². The molecule has 0 aliphatic rings. The first-order chi connectivity index (χ1) is 5.77. The summed E-state index contributed by atoms with van der Waals surface area (Å²) in [5.74, 6) is 0. The summed E-state index contributed by atoms with van der Waals surface area (Å²) in [6, 6.07) is 0. The highest BCUT2D eigenvalue weighted by atomic mass is 35.5. The van der Waals surface area contributed by atoms with Gasteiger partial charge in [0, 0.05) is 25.2 Å². The normalized spacial score (nSPS) is 10.2. The van der Waals surface area contributed by atoms with Crippen LogP contribution in [0.4, 0.5) is 0 Å². The van der Waals surface area contributed by atoms with Gasteiger partial charge in [-0.2, -0.15) is 0 Å². The summed E-state index contributed by atoms with van der Waals surface area (Å²) in [7, 11) is 1.65. The summed E-state index contributed by atoms with van der Waals surface area (Å²) in [5.41, 5.74) is 0. The second-order valence-electron chi connectivity index (χ2n) is 2.30. The summed E-state index contributed by atoms with van der Waals surface area (Å²) in [4.78, 5) is 0. The number of ether oxygens (including phenoxy) is 2. The van der Waals surface area contributed by atoms with Gasteiger partial charge in [0.1, 0.15) is 0 Å². The van der Waals surface area contributed by atoms with E-state index in [0.717, 1.165) is 6.54 Å². The zero-order chi connectivity index (χ0) is 9.23. The molecular weight excluding hydrogens is 178 g/mol. The molecule has 0 aliphatic heterocycles. The molecule has 0 radical (unpaired) electrons. The van der Waals surface area contributed by atoms with E-state index in [0.29, 0.717) is 31.4 Å². The lowest BCUT2D eigenvalue weighted by Gasteiger charge is -2.04. The number of nitrogens with one attached hydrogen (secondary N) is 1. The number of rotatable bonds is 8. The molecule has 0 saturated carbocycles.